The van der Waals surface area contributed by atoms with Crippen molar-refractivity contribution in [3.8, 4) is 22.8 Å². The number of anilines is 1. The fraction of sp³-hybridized carbons (Fsp3) is 0.174. The van der Waals surface area contributed by atoms with E-state index >= 15 is 0 Å². The molecule has 160 valence electrons. The lowest BCUT2D eigenvalue weighted by molar-refractivity contribution is -0.145. The standard InChI is InChI=1S/C23H24N4O4/c1-16(28)31-27-23(24-15-18-20(29-2)12-8-13-21(18)30-3)26-22-14-7-11-19(25-22)17-9-5-4-6-10-17/h4-14H,15H2,1-3H3,(H2,24,25,26,27). The summed E-state index contributed by atoms with van der Waals surface area (Å²) in [5, 5.41) is 3.06. The lowest BCUT2D eigenvalue weighted by atomic mass is 10.1. The second-order valence-corrected chi connectivity index (χ2v) is 6.40. The third kappa shape index (κ3) is 5.96. The molecular formula is C23H24N4O4. The van der Waals surface area contributed by atoms with Crippen LogP contribution < -0.4 is 20.3 Å². The Morgan fingerprint density at radius 3 is 2.26 bits per heavy atom. The second kappa shape index (κ2) is 10.6. The minimum atomic E-state index is -0.504. The molecule has 3 rings (SSSR count). The molecule has 0 atom stereocenters. The van der Waals surface area contributed by atoms with Crippen molar-refractivity contribution in [2.45, 2.75) is 13.5 Å². The maximum absolute atomic E-state index is 11.3. The molecule has 31 heavy (non-hydrogen) atoms. The maximum Gasteiger partial charge on any atom is 0.329 e. The van der Waals surface area contributed by atoms with Gasteiger partial charge < -0.3 is 19.6 Å². The number of aliphatic imine (C=N–C) groups is 1. The van der Waals surface area contributed by atoms with Gasteiger partial charge in [-0.2, -0.15) is 5.48 Å². The number of pyridine rings is 1. The predicted octanol–water partition coefficient (Wildman–Crippen LogP) is 3.80. The first-order valence-corrected chi connectivity index (χ1v) is 9.58. The number of hydrogen-bond acceptors (Lipinski definition) is 6. The second-order valence-electron chi connectivity index (χ2n) is 6.40. The van der Waals surface area contributed by atoms with Gasteiger partial charge in [-0.05, 0) is 24.3 Å². The molecule has 0 saturated heterocycles. The predicted molar refractivity (Wildman–Crippen MR) is 119 cm³/mol. The van der Waals surface area contributed by atoms with Gasteiger partial charge in [0.25, 0.3) is 0 Å². The average molecular weight is 420 g/mol. The van der Waals surface area contributed by atoms with Crippen LogP contribution in [0.1, 0.15) is 12.5 Å². The van der Waals surface area contributed by atoms with E-state index in [0.29, 0.717) is 17.3 Å². The smallest absolute Gasteiger partial charge is 0.329 e. The number of aromatic nitrogens is 1. The fourth-order valence-electron chi connectivity index (χ4n) is 2.85. The zero-order chi connectivity index (χ0) is 22.1. The Morgan fingerprint density at radius 1 is 0.935 bits per heavy atom. The van der Waals surface area contributed by atoms with E-state index in [2.05, 4.69) is 20.8 Å². The van der Waals surface area contributed by atoms with Crippen LogP contribution in [-0.4, -0.2) is 31.1 Å². The van der Waals surface area contributed by atoms with E-state index in [1.807, 2.05) is 60.7 Å². The molecule has 1 heterocycles. The minimum Gasteiger partial charge on any atom is -0.496 e. The first-order valence-electron chi connectivity index (χ1n) is 9.58. The number of rotatable bonds is 6. The molecule has 0 aliphatic rings. The summed E-state index contributed by atoms with van der Waals surface area (Å²) in [6.45, 7) is 1.50. The van der Waals surface area contributed by atoms with E-state index in [4.69, 9.17) is 14.3 Å². The quantitative estimate of drug-likeness (QED) is 0.356. The molecule has 2 aromatic carbocycles. The number of nitrogens with one attached hydrogen (secondary N) is 2. The molecule has 0 fully saturated rings. The third-order valence-electron chi connectivity index (χ3n) is 4.28. The Hall–Kier alpha value is -4.07. The van der Waals surface area contributed by atoms with Gasteiger partial charge in [-0.3, -0.25) is 4.79 Å². The van der Waals surface area contributed by atoms with Gasteiger partial charge in [0.15, 0.2) is 0 Å². The van der Waals surface area contributed by atoms with Gasteiger partial charge in [0.1, 0.15) is 17.3 Å². The summed E-state index contributed by atoms with van der Waals surface area (Å²) in [5.74, 6) is 1.52. The Kier molecular flexibility index (Phi) is 7.42. The number of nitrogens with zero attached hydrogens (tertiary/aromatic N) is 2. The number of benzene rings is 2. The topological polar surface area (TPSA) is 94.1 Å². The summed E-state index contributed by atoms with van der Waals surface area (Å²) in [5.41, 5.74) is 5.07. The highest BCUT2D eigenvalue weighted by Crippen LogP contribution is 2.29. The SMILES string of the molecule is COc1cccc(OC)c1CN=C(NOC(C)=O)Nc1cccc(-c2ccccc2)n1. The van der Waals surface area contributed by atoms with E-state index in [0.717, 1.165) is 16.8 Å². The number of hydrogen-bond donors (Lipinski definition) is 2. The van der Waals surface area contributed by atoms with Crippen LogP contribution in [0, 0.1) is 0 Å². The number of ether oxygens (including phenoxy) is 2. The van der Waals surface area contributed by atoms with Crippen LogP contribution in [0.2, 0.25) is 0 Å². The monoisotopic (exact) mass is 420 g/mol. The first-order chi connectivity index (χ1) is 15.1. The molecular weight excluding hydrogens is 396 g/mol. The Bertz CT molecular complexity index is 1030. The van der Waals surface area contributed by atoms with Crippen LogP contribution in [-0.2, 0) is 16.2 Å². The zero-order valence-electron chi connectivity index (χ0n) is 17.6. The summed E-state index contributed by atoms with van der Waals surface area (Å²) in [6.07, 6.45) is 0. The number of carbonyl (C=O) groups excluding carboxylic acids is 1. The van der Waals surface area contributed by atoms with Gasteiger partial charge in [-0.15, -0.1) is 0 Å². The van der Waals surface area contributed by atoms with Crippen LogP contribution in [0.25, 0.3) is 11.3 Å². The van der Waals surface area contributed by atoms with Crippen molar-refractivity contribution in [3.05, 3.63) is 72.3 Å². The lowest BCUT2D eigenvalue weighted by Crippen LogP contribution is -2.32. The molecule has 0 amide bonds. The molecule has 3 aromatic rings. The van der Waals surface area contributed by atoms with E-state index < -0.39 is 5.97 Å². The summed E-state index contributed by atoms with van der Waals surface area (Å²) >= 11 is 0. The van der Waals surface area contributed by atoms with Crippen molar-refractivity contribution in [2.24, 2.45) is 4.99 Å². The Labute approximate surface area is 180 Å². The van der Waals surface area contributed by atoms with Gasteiger partial charge in [-0.1, -0.05) is 42.5 Å². The molecule has 8 heteroatoms. The molecule has 0 unspecified atom stereocenters. The van der Waals surface area contributed by atoms with Crippen LogP contribution in [0.4, 0.5) is 5.82 Å². The van der Waals surface area contributed by atoms with Crippen LogP contribution >= 0.6 is 0 Å². The van der Waals surface area contributed by atoms with Crippen molar-refractivity contribution in [1.29, 1.82) is 0 Å². The Balaban J connectivity index is 1.86. The van der Waals surface area contributed by atoms with Gasteiger partial charge in [0, 0.05) is 12.5 Å². The molecule has 0 spiro atoms. The molecule has 0 aliphatic heterocycles. The van der Waals surface area contributed by atoms with E-state index in [1.54, 1.807) is 20.3 Å². The summed E-state index contributed by atoms with van der Waals surface area (Å²) in [7, 11) is 3.16. The molecule has 0 bridgehead atoms. The molecule has 8 nitrogen and oxygen atoms in total. The number of carbonyl (C=O) groups is 1. The van der Waals surface area contributed by atoms with Gasteiger partial charge in [0.2, 0.25) is 5.96 Å². The van der Waals surface area contributed by atoms with Crippen molar-refractivity contribution in [3.63, 3.8) is 0 Å². The van der Waals surface area contributed by atoms with Crippen molar-refractivity contribution < 1.29 is 19.1 Å². The number of methoxy groups -OCH3 is 2. The highest BCUT2D eigenvalue weighted by atomic mass is 16.7. The zero-order valence-corrected chi connectivity index (χ0v) is 17.6. The third-order valence-corrected chi connectivity index (χ3v) is 4.28. The van der Waals surface area contributed by atoms with E-state index in [-0.39, 0.29) is 12.5 Å². The van der Waals surface area contributed by atoms with Gasteiger partial charge in [-0.25, -0.2) is 9.98 Å². The molecule has 1 aromatic heterocycles. The first kappa shape index (κ1) is 21.6. The molecule has 0 saturated carbocycles. The van der Waals surface area contributed by atoms with Gasteiger partial charge in [0.05, 0.1) is 32.0 Å². The summed E-state index contributed by atoms with van der Waals surface area (Å²) < 4.78 is 10.8. The number of guanidine groups is 1. The number of hydroxylamine groups is 1. The minimum absolute atomic E-state index is 0.209. The highest BCUT2D eigenvalue weighted by molar-refractivity contribution is 5.93. The van der Waals surface area contributed by atoms with Crippen LogP contribution in [0.3, 0.4) is 0 Å². The largest absolute Gasteiger partial charge is 0.496 e. The maximum atomic E-state index is 11.3. The fourth-order valence-corrected chi connectivity index (χ4v) is 2.85. The molecule has 0 radical (unpaired) electrons. The van der Waals surface area contributed by atoms with Crippen molar-refractivity contribution in [1.82, 2.24) is 10.5 Å². The lowest BCUT2D eigenvalue weighted by Gasteiger charge is -2.14. The summed E-state index contributed by atoms with van der Waals surface area (Å²) in [4.78, 5) is 25.3. The normalized spacial score (nSPS) is 10.9. The van der Waals surface area contributed by atoms with Crippen LogP contribution in [0.15, 0.2) is 71.7 Å². The highest BCUT2D eigenvalue weighted by Gasteiger charge is 2.11. The molecule has 0 aliphatic carbocycles. The van der Waals surface area contributed by atoms with E-state index in [9.17, 15) is 4.79 Å². The van der Waals surface area contributed by atoms with Gasteiger partial charge >= 0.3 is 5.97 Å². The van der Waals surface area contributed by atoms with Crippen LogP contribution in [0.5, 0.6) is 11.5 Å². The van der Waals surface area contributed by atoms with E-state index in [1.165, 1.54) is 6.92 Å². The molecule has 2 N–H and O–H groups in total. The summed E-state index contributed by atoms with van der Waals surface area (Å²) in [6, 6.07) is 20.9. The van der Waals surface area contributed by atoms with Crippen molar-refractivity contribution in [2.75, 3.05) is 19.5 Å². The Morgan fingerprint density at radius 2 is 1.61 bits per heavy atom. The average Bonchev–Trinajstić information content (AvgIpc) is 2.81. The van der Waals surface area contributed by atoms with Crippen molar-refractivity contribution >= 4 is 17.7 Å².